The van der Waals surface area contributed by atoms with Crippen LogP contribution in [0.15, 0.2) is 81.3 Å². The van der Waals surface area contributed by atoms with E-state index in [0.717, 1.165) is 22.3 Å². The van der Waals surface area contributed by atoms with Gasteiger partial charge >= 0.3 is 5.97 Å². The molecule has 4 aromatic rings. The largest absolute Gasteiger partial charge is 0.461 e. The predicted octanol–water partition coefficient (Wildman–Crippen LogP) is 4.31. The lowest BCUT2D eigenvalue weighted by atomic mass is 9.94. The molecule has 0 unspecified atom stereocenters. The van der Waals surface area contributed by atoms with E-state index in [1.165, 1.54) is 18.2 Å². The van der Waals surface area contributed by atoms with Crippen LogP contribution in [-0.4, -0.2) is 30.5 Å². The zero-order valence-corrected chi connectivity index (χ0v) is 20.9. The Bertz CT molecular complexity index is 1620. The minimum atomic E-state index is -3.98. The molecular formula is C28H26N2O5S. The molecule has 5 rings (SSSR count). The molecule has 0 spiro atoms. The number of aromatic nitrogens is 2. The van der Waals surface area contributed by atoms with Gasteiger partial charge in [-0.2, -0.15) is 0 Å². The summed E-state index contributed by atoms with van der Waals surface area (Å²) in [6.45, 7) is 4.41. The maximum Gasteiger partial charge on any atom is 0.354 e. The molecule has 0 fully saturated rings. The standard InChI is InChI=1S/C28H26N2O5S/c1-3-35-28(32)23-15-21-14-13-20-16-24(36(33,34)22-7-5-4-6-8-22)27(31)29-25(20)26(21)30(23)17-19-11-9-18(2)10-12-19/h4-12,15-16H,3,13-14,17H2,1-2H3,(H,29,31). The molecule has 0 aliphatic heterocycles. The van der Waals surface area contributed by atoms with Crippen molar-refractivity contribution in [2.45, 2.75) is 43.0 Å². The zero-order chi connectivity index (χ0) is 25.4. The summed E-state index contributed by atoms with van der Waals surface area (Å²) in [7, 11) is -3.98. The van der Waals surface area contributed by atoms with E-state index < -0.39 is 21.4 Å². The number of carbonyl (C=O) groups is 1. The first-order chi connectivity index (χ1) is 17.3. The van der Waals surface area contributed by atoms with Gasteiger partial charge in [0.15, 0.2) is 0 Å². The molecular weight excluding hydrogens is 476 g/mol. The van der Waals surface area contributed by atoms with Crippen LogP contribution in [-0.2, 0) is 34.0 Å². The van der Waals surface area contributed by atoms with Gasteiger partial charge in [-0.3, -0.25) is 4.79 Å². The fourth-order valence-electron chi connectivity index (χ4n) is 4.66. The fraction of sp³-hybridized carbons (Fsp3) is 0.214. The highest BCUT2D eigenvalue weighted by Gasteiger charge is 2.30. The summed E-state index contributed by atoms with van der Waals surface area (Å²) in [4.78, 5) is 28.6. The van der Waals surface area contributed by atoms with Crippen molar-refractivity contribution in [3.8, 4) is 11.4 Å². The number of benzene rings is 2. The summed E-state index contributed by atoms with van der Waals surface area (Å²) in [5.41, 5.74) is 4.70. The first-order valence-corrected chi connectivity index (χ1v) is 13.3. The summed E-state index contributed by atoms with van der Waals surface area (Å²) < 4.78 is 33.6. The lowest BCUT2D eigenvalue weighted by molar-refractivity contribution is 0.0514. The van der Waals surface area contributed by atoms with Crippen LogP contribution >= 0.6 is 0 Å². The van der Waals surface area contributed by atoms with Gasteiger partial charge < -0.3 is 14.3 Å². The van der Waals surface area contributed by atoms with E-state index in [1.807, 2.05) is 41.8 Å². The first kappa shape index (κ1) is 23.8. The van der Waals surface area contributed by atoms with Crippen molar-refractivity contribution in [3.05, 3.63) is 105 Å². The van der Waals surface area contributed by atoms with Gasteiger partial charge in [0.05, 0.1) is 22.9 Å². The van der Waals surface area contributed by atoms with Crippen LogP contribution in [0.4, 0.5) is 0 Å². The second-order valence-electron chi connectivity index (χ2n) is 8.88. The smallest absolute Gasteiger partial charge is 0.354 e. The minimum absolute atomic E-state index is 0.0688. The number of fused-ring (bicyclic) bond motifs is 3. The minimum Gasteiger partial charge on any atom is -0.461 e. The number of sulfone groups is 1. The Hall–Kier alpha value is -3.91. The third-order valence-electron chi connectivity index (χ3n) is 6.45. The molecule has 1 aliphatic rings. The van der Waals surface area contributed by atoms with Crippen LogP contribution in [0, 0.1) is 6.92 Å². The highest BCUT2D eigenvalue weighted by atomic mass is 32.2. The van der Waals surface area contributed by atoms with Gasteiger partial charge in [-0.1, -0.05) is 48.0 Å². The number of pyridine rings is 1. The Kier molecular flexibility index (Phi) is 6.14. The molecule has 7 nitrogen and oxygen atoms in total. The molecule has 184 valence electrons. The number of carbonyl (C=O) groups excluding carboxylic acids is 1. The van der Waals surface area contributed by atoms with Gasteiger partial charge in [-0.05, 0) is 67.6 Å². The molecule has 2 heterocycles. The number of nitrogens with zero attached hydrogens (tertiary/aromatic N) is 1. The summed E-state index contributed by atoms with van der Waals surface area (Å²) in [6.07, 6.45) is 1.14. The molecule has 0 radical (unpaired) electrons. The molecule has 8 heteroatoms. The fourth-order valence-corrected chi connectivity index (χ4v) is 6.02. The summed E-state index contributed by atoms with van der Waals surface area (Å²) >= 11 is 0. The van der Waals surface area contributed by atoms with Crippen LogP contribution in [0.25, 0.3) is 11.4 Å². The summed E-state index contributed by atoms with van der Waals surface area (Å²) in [6, 6.07) is 19.2. The van der Waals surface area contributed by atoms with Crippen molar-refractivity contribution in [1.82, 2.24) is 9.55 Å². The maximum atomic E-state index is 13.2. The van der Waals surface area contributed by atoms with Crippen molar-refractivity contribution < 1.29 is 17.9 Å². The highest BCUT2D eigenvalue weighted by Crippen LogP contribution is 2.36. The first-order valence-electron chi connectivity index (χ1n) is 11.8. The van der Waals surface area contributed by atoms with Crippen molar-refractivity contribution in [2.75, 3.05) is 6.61 Å². The normalized spacial score (nSPS) is 12.6. The molecule has 0 atom stereocenters. The van der Waals surface area contributed by atoms with Crippen LogP contribution in [0.3, 0.4) is 0 Å². The second-order valence-corrected chi connectivity index (χ2v) is 10.8. The number of hydrogen-bond donors (Lipinski definition) is 1. The van der Waals surface area contributed by atoms with E-state index in [9.17, 15) is 18.0 Å². The van der Waals surface area contributed by atoms with E-state index in [0.29, 0.717) is 36.5 Å². The average molecular weight is 503 g/mol. The quantitative estimate of drug-likeness (QED) is 0.396. The van der Waals surface area contributed by atoms with Crippen LogP contribution in [0.2, 0.25) is 0 Å². The second kappa shape index (κ2) is 9.28. The van der Waals surface area contributed by atoms with Crippen LogP contribution in [0.5, 0.6) is 0 Å². The molecule has 1 aliphatic carbocycles. The maximum absolute atomic E-state index is 13.2. The third-order valence-corrected chi connectivity index (χ3v) is 8.23. The van der Waals surface area contributed by atoms with Crippen molar-refractivity contribution >= 4 is 15.8 Å². The summed E-state index contributed by atoms with van der Waals surface area (Å²) in [5, 5.41) is 0. The van der Waals surface area contributed by atoms with Crippen LogP contribution < -0.4 is 5.56 Å². The Morgan fingerprint density at radius 3 is 2.39 bits per heavy atom. The molecule has 2 aromatic carbocycles. The Balaban J connectivity index is 1.67. The van der Waals surface area contributed by atoms with Gasteiger partial charge in [-0.15, -0.1) is 0 Å². The number of esters is 1. The lowest BCUT2D eigenvalue weighted by Gasteiger charge is -2.21. The van der Waals surface area contributed by atoms with E-state index in [2.05, 4.69) is 4.98 Å². The summed E-state index contributed by atoms with van der Waals surface area (Å²) in [5.74, 6) is -0.439. The third kappa shape index (κ3) is 4.18. The van der Waals surface area contributed by atoms with E-state index >= 15 is 0 Å². The lowest BCUT2D eigenvalue weighted by Crippen LogP contribution is -2.22. The average Bonchev–Trinajstić information content (AvgIpc) is 3.24. The van der Waals surface area contributed by atoms with Crippen molar-refractivity contribution in [1.29, 1.82) is 0 Å². The monoisotopic (exact) mass is 502 g/mol. The van der Waals surface area contributed by atoms with Gasteiger partial charge in [-0.25, -0.2) is 13.2 Å². The Morgan fingerprint density at radius 2 is 1.69 bits per heavy atom. The Morgan fingerprint density at radius 1 is 1.00 bits per heavy atom. The SMILES string of the molecule is CCOC(=O)c1cc2c(n1Cc1ccc(C)cc1)-c1[nH]c(=O)c(S(=O)(=O)c3ccccc3)cc1CC2. The topological polar surface area (TPSA) is 98.2 Å². The predicted molar refractivity (Wildman–Crippen MR) is 136 cm³/mol. The molecule has 2 aromatic heterocycles. The Labute approximate surface area is 209 Å². The zero-order valence-electron chi connectivity index (χ0n) is 20.1. The number of aromatic amines is 1. The number of nitrogens with one attached hydrogen (secondary N) is 1. The van der Waals surface area contributed by atoms with Gasteiger partial charge in [0.1, 0.15) is 10.6 Å². The number of H-pyrrole nitrogens is 1. The molecule has 0 saturated carbocycles. The van der Waals surface area contributed by atoms with E-state index in [4.69, 9.17) is 4.74 Å². The number of aryl methyl sites for hydroxylation is 3. The molecule has 0 amide bonds. The number of rotatable bonds is 6. The molecule has 0 bridgehead atoms. The molecule has 1 N–H and O–H groups in total. The molecule has 36 heavy (non-hydrogen) atoms. The highest BCUT2D eigenvalue weighted by molar-refractivity contribution is 7.91. The van der Waals surface area contributed by atoms with Crippen molar-refractivity contribution in [3.63, 3.8) is 0 Å². The van der Waals surface area contributed by atoms with Crippen LogP contribution in [0.1, 0.15) is 39.7 Å². The van der Waals surface area contributed by atoms with E-state index in [1.54, 1.807) is 25.1 Å². The van der Waals surface area contributed by atoms with Crippen molar-refractivity contribution in [2.24, 2.45) is 0 Å². The number of hydrogen-bond acceptors (Lipinski definition) is 5. The molecule has 0 saturated heterocycles. The van der Waals surface area contributed by atoms with Gasteiger partial charge in [0.25, 0.3) is 5.56 Å². The number of ether oxygens (including phenoxy) is 1. The van der Waals surface area contributed by atoms with E-state index in [-0.39, 0.29) is 16.4 Å². The van der Waals surface area contributed by atoms with Gasteiger partial charge in [0.2, 0.25) is 9.84 Å². The van der Waals surface area contributed by atoms with Gasteiger partial charge in [0, 0.05) is 6.54 Å².